The molecule has 0 radical (unpaired) electrons. The molecule has 3 heteroatoms. The van der Waals surface area contributed by atoms with Gasteiger partial charge in [0.1, 0.15) is 0 Å². The maximum atomic E-state index is 3.51. The zero-order chi connectivity index (χ0) is 12.3. The van der Waals surface area contributed by atoms with Crippen LogP contribution in [0.25, 0.3) is 6.08 Å². The Labute approximate surface area is 122 Å². The summed E-state index contributed by atoms with van der Waals surface area (Å²) >= 11 is 0. The Morgan fingerprint density at radius 2 is 2.05 bits per heavy atom. The van der Waals surface area contributed by atoms with Gasteiger partial charge in [0.05, 0.1) is 0 Å². The van der Waals surface area contributed by atoms with Crippen molar-refractivity contribution in [3.63, 3.8) is 0 Å². The van der Waals surface area contributed by atoms with Crippen LogP contribution in [0.4, 0.5) is 0 Å². The summed E-state index contributed by atoms with van der Waals surface area (Å²) in [5, 5.41) is 3.51. The van der Waals surface area contributed by atoms with Gasteiger partial charge < -0.3 is 5.32 Å². The fraction of sp³-hybridized carbons (Fsp3) is 0.500. The molecule has 2 heterocycles. The molecule has 3 rings (SSSR count). The molecule has 0 aromatic heterocycles. The average molecular weight is 279 g/mol. The summed E-state index contributed by atoms with van der Waals surface area (Å²) < 4.78 is 0. The minimum atomic E-state index is 0. The SMILES string of the molecule is C(=C\c1ccccc1)/CN1CCC2(CCNC2)C1.Cl. The first-order valence-corrected chi connectivity index (χ1v) is 7.01. The van der Waals surface area contributed by atoms with Crippen LogP contribution >= 0.6 is 12.4 Å². The van der Waals surface area contributed by atoms with E-state index in [0.717, 1.165) is 6.54 Å². The van der Waals surface area contributed by atoms with Gasteiger partial charge in [-0.05, 0) is 36.9 Å². The van der Waals surface area contributed by atoms with Crippen LogP contribution in [0.15, 0.2) is 36.4 Å². The summed E-state index contributed by atoms with van der Waals surface area (Å²) in [5.74, 6) is 0. The molecule has 2 fully saturated rings. The van der Waals surface area contributed by atoms with Gasteiger partial charge in [-0.2, -0.15) is 0 Å². The minimum absolute atomic E-state index is 0. The van der Waals surface area contributed by atoms with E-state index in [2.05, 4.69) is 52.7 Å². The van der Waals surface area contributed by atoms with E-state index in [4.69, 9.17) is 0 Å². The van der Waals surface area contributed by atoms with Crippen molar-refractivity contribution in [2.45, 2.75) is 12.8 Å². The summed E-state index contributed by atoms with van der Waals surface area (Å²) in [6, 6.07) is 10.6. The van der Waals surface area contributed by atoms with Gasteiger partial charge in [0.2, 0.25) is 0 Å². The third-order valence-corrected chi connectivity index (χ3v) is 4.32. The van der Waals surface area contributed by atoms with Gasteiger partial charge in [-0.15, -0.1) is 12.4 Å². The maximum Gasteiger partial charge on any atom is 0.0166 e. The molecule has 0 bridgehead atoms. The van der Waals surface area contributed by atoms with E-state index in [1.165, 1.54) is 44.6 Å². The molecule has 1 atom stereocenters. The summed E-state index contributed by atoms with van der Waals surface area (Å²) in [7, 11) is 0. The van der Waals surface area contributed by atoms with Crippen molar-refractivity contribution in [1.29, 1.82) is 0 Å². The largest absolute Gasteiger partial charge is 0.316 e. The van der Waals surface area contributed by atoms with Crippen molar-refractivity contribution in [3.8, 4) is 0 Å². The summed E-state index contributed by atoms with van der Waals surface area (Å²) in [4.78, 5) is 2.59. The average Bonchev–Trinajstić information content (AvgIpc) is 3.02. The number of halogens is 1. The standard InChI is InChI=1S/C16H22N2.ClH/c1-2-5-15(6-3-1)7-4-11-18-12-9-16(14-18)8-10-17-13-16;/h1-7,17H,8-14H2;1H/b7-4+;. The molecule has 1 aromatic rings. The lowest BCUT2D eigenvalue weighted by Gasteiger charge is -2.22. The lowest BCUT2D eigenvalue weighted by atomic mass is 9.87. The number of benzene rings is 1. The van der Waals surface area contributed by atoms with Gasteiger partial charge in [-0.25, -0.2) is 0 Å². The van der Waals surface area contributed by atoms with E-state index in [1.54, 1.807) is 0 Å². The molecule has 1 unspecified atom stereocenters. The predicted molar refractivity (Wildman–Crippen MR) is 83.7 cm³/mol. The Kier molecular flexibility index (Phi) is 5.03. The van der Waals surface area contributed by atoms with E-state index in [0.29, 0.717) is 5.41 Å². The smallest absolute Gasteiger partial charge is 0.0166 e. The zero-order valence-corrected chi connectivity index (χ0v) is 12.2. The summed E-state index contributed by atoms with van der Waals surface area (Å²) in [5.41, 5.74) is 1.90. The Morgan fingerprint density at radius 3 is 2.79 bits per heavy atom. The molecular weight excluding hydrogens is 256 g/mol. The summed E-state index contributed by atoms with van der Waals surface area (Å²) in [6.07, 6.45) is 7.28. The topological polar surface area (TPSA) is 15.3 Å². The highest BCUT2D eigenvalue weighted by atomic mass is 35.5. The molecule has 2 saturated heterocycles. The number of nitrogens with zero attached hydrogens (tertiary/aromatic N) is 1. The zero-order valence-electron chi connectivity index (χ0n) is 11.3. The maximum absolute atomic E-state index is 3.51. The van der Waals surface area contributed by atoms with E-state index in [9.17, 15) is 0 Å². The van der Waals surface area contributed by atoms with Crippen molar-refractivity contribution in [1.82, 2.24) is 10.2 Å². The Hall–Kier alpha value is -0.830. The van der Waals surface area contributed by atoms with Gasteiger partial charge in [-0.3, -0.25) is 4.90 Å². The van der Waals surface area contributed by atoms with Crippen molar-refractivity contribution < 1.29 is 0 Å². The first-order chi connectivity index (χ1) is 8.86. The van der Waals surface area contributed by atoms with Crippen molar-refractivity contribution in [3.05, 3.63) is 42.0 Å². The highest BCUT2D eigenvalue weighted by molar-refractivity contribution is 5.85. The summed E-state index contributed by atoms with van der Waals surface area (Å²) in [6.45, 7) is 6.08. The Balaban J connectivity index is 0.00000133. The number of hydrogen-bond donors (Lipinski definition) is 1. The van der Waals surface area contributed by atoms with Crippen LogP contribution in [-0.4, -0.2) is 37.6 Å². The fourth-order valence-electron chi connectivity index (χ4n) is 3.23. The molecule has 19 heavy (non-hydrogen) atoms. The predicted octanol–water partition coefficient (Wildman–Crippen LogP) is 2.81. The van der Waals surface area contributed by atoms with Crippen LogP contribution < -0.4 is 5.32 Å². The normalized spacial score (nSPS) is 27.2. The second-order valence-electron chi connectivity index (χ2n) is 5.72. The van der Waals surface area contributed by atoms with Crippen LogP contribution in [0, 0.1) is 5.41 Å². The molecule has 0 amide bonds. The van der Waals surface area contributed by atoms with E-state index in [-0.39, 0.29) is 12.4 Å². The number of rotatable bonds is 3. The van der Waals surface area contributed by atoms with Crippen molar-refractivity contribution >= 4 is 18.5 Å². The second-order valence-corrected chi connectivity index (χ2v) is 5.72. The first-order valence-electron chi connectivity index (χ1n) is 7.01. The van der Waals surface area contributed by atoms with E-state index in [1.807, 2.05) is 0 Å². The monoisotopic (exact) mass is 278 g/mol. The van der Waals surface area contributed by atoms with Crippen LogP contribution in [0.5, 0.6) is 0 Å². The van der Waals surface area contributed by atoms with Gasteiger partial charge in [0.25, 0.3) is 0 Å². The molecule has 2 aliphatic rings. The Bertz CT molecular complexity index is 410. The molecule has 0 saturated carbocycles. The van der Waals surface area contributed by atoms with Crippen molar-refractivity contribution in [2.75, 3.05) is 32.7 Å². The van der Waals surface area contributed by atoms with E-state index < -0.39 is 0 Å². The van der Waals surface area contributed by atoms with Gasteiger partial charge in [-0.1, -0.05) is 42.5 Å². The lowest BCUT2D eigenvalue weighted by molar-refractivity contribution is 0.293. The van der Waals surface area contributed by atoms with Crippen molar-refractivity contribution in [2.24, 2.45) is 5.41 Å². The fourth-order valence-corrected chi connectivity index (χ4v) is 3.23. The van der Waals surface area contributed by atoms with Gasteiger partial charge in [0, 0.05) is 19.6 Å². The third kappa shape index (κ3) is 3.59. The second kappa shape index (κ2) is 6.56. The molecule has 1 N–H and O–H groups in total. The molecule has 2 nitrogen and oxygen atoms in total. The molecule has 1 aromatic carbocycles. The number of hydrogen-bond acceptors (Lipinski definition) is 2. The lowest BCUT2D eigenvalue weighted by Crippen LogP contribution is -2.29. The van der Waals surface area contributed by atoms with Crippen LogP contribution in [0.1, 0.15) is 18.4 Å². The highest BCUT2D eigenvalue weighted by Crippen LogP contribution is 2.35. The number of nitrogens with one attached hydrogen (secondary N) is 1. The van der Waals surface area contributed by atoms with Gasteiger partial charge >= 0.3 is 0 Å². The Morgan fingerprint density at radius 1 is 1.21 bits per heavy atom. The molecule has 0 aliphatic carbocycles. The van der Waals surface area contributed by atoms with Crippen LogP contribution in [-0.2, 0) is 0 Å². The highest BCUT2D eigenvalue weighted by Gasteiger charge is 2.39. The quantitative estimate of drug-likeness (QED) is 0.915. The third-order valence-electron chi connectivity index (χ3n) is 4.32. The molecular formula is C16H23ClN2. The first kappa shape index (κ1) is 14.6. The molecule has 104 valence electrons. The number of likely N-dealkylation sites (tertiary alicyclic amines) is 1. The van der Waals surface area contributed by atoms with E-state index >= 15 is 0 Å². The molecule has 2 aliphatic heterocycles. The van der Waals surface area contributed by atoms with Crippen LogP contribution in [0.3, 0.4) is 0 Å². The van der Waals surface area contributed by atoms with Gasteiger partial charge in [0.15, 0.2) is 0 Å². The molecule has 1 spiro atoms. The van der Waals surface area contributed by atoms with Crippen LogP contribution in [0.2, 0.25) is 0 Å². The minimum Gasteiger partial charge on any atom is -0.316 e.